The number of rotatable bonds is 3. The molecule has 0 bridgehead atoms. The van der Waals surface area contributed by atoms with Crippen molar-refractivity contribution in [2.45, 2.75) is 19.2 Å². The molecule has 0 aliphatic heterocycles. The number of halogens is 1. The summed E-state index contributed by atoms with van der Waals surface area (Å²) < 4.78 is 0. The highest BCUT2D eigenvalue weighted by molar-refractivity contribution is 7.09. The third-order valence-electron chi connectivity index (χ3n) is 1.92. The Bertz CT molecular complexity index is 438. The Hall–Kier alpha value is -1.00. The predicted octanol–water partition coefficient (Wildman–Crippen LogP) is 2.57. The first-order chi connectivity index (χ1) is 7.28. The molecule has 0 aliphatic carbocycles. The quantitative estimate of drug-likeness (QED) is 0.773. The minimum absolute atomic E-state index is 0.454. The summed E-state index contributed by atoms with van der Waals surface area (Å²) in [5.74, 6) is 1.24. The normalized spacial score (nSPS) is 10.5. The molecule has 2 aromatic rings. The van der Waals surface area contributed by atoms with Crippen LogP contribution in [0.5, 0.6) is 0 Å². The van der Waals surface area contributed by atoms with Crippen molar-refractivity contribution >= 4 is 22.9 Å². The smallest absolute Gasteiger partial charge is 0.134 e. The van der Waals surface area contributed by atoms with Gasteiger partial charge in [0.1, 0.15) is 5.82 Å². The van der Waals surface area contributed by atoms with E-state index in [1.165, 1.54) is 0 Å². The van der Waals surface area contributed by atoms with E-state index in [0.29, 0.717) is 12.3 Å². The fourth-order valence-corrected chi connectivity index (χ4v) is 1.94. The van der Waals surface area contributed by atoms with Crippen LogP contribution in [0, 0.1) is 6.92 Å². The molecule has 0 amide bonds. The lowest BCUT2D eigenvalue weighted by atomic mass is 10.3. The van der Waals surface area contributed by atoms with Crippen LogP contribution in [0.2, 0.25) is 0 Å². The second kappa shape index (κ2) is 4.68. The third-order valence-corrected chi connectivity index (χ3v) is 3.05. The van der Waals surface area contributed by atoms with Crippen molar-refractivity contribution in [2.24, 2.45) is 0 Å². The zero-order valence-electron chi connectivity index (χ0n) is 8.27. The first-order valence-electron chi connectivity index (χ1n) is 4.54. The Morgan fingerprint density at radius 1 is 1.33 bits per heavy atom. The Labute approximate surface area is 97.2 Å². The molecule has 0 N–H and O–H groups in total. The Morgan fingerprint density at radius 3 is 2.60 bits per heavy atom. The van der Waals surface area contributed by atoms with Crippen LogP contribution in [0.3, 0.4) is 0 Å². The molecule has 0 saturated heterocycles. The van der Waals surface area contributed by atoms with Gasteiger partial charge in [0.25, 0.3) is 0 Å². The van der Waals surface area contributed by atoms with Crippen LogP contribution in [-0.2, 0) is 12.3 Å². The summed E-state index contributed by atoms with van der Waals surface area (Å²) in [6.45, 7) is 1.99. The van der Waals surface area contributed by atoms with Crippen LogP contribution in [0.1, 0.15) is 22.1 Å². The summed E-state index contributed by atoms with van der Waals surface area (Å²) in [6.07, 6.45) is 4.20. The Kier molecular flexibility index (Phi) is 3.28. The van der Waals surface area contributed by atoms with Gasteiger partial charge in [0.05, 0.1) is 23.0 Å². The van der Waals surface area contributed by atoms with Gasteiger partial charge in [-0.05, 0) is 6.92 Å². The molecule has 0 unspecified atom stereocenters. The van der Waals surface area contributed by atoms with E-state index in [4.69, 9.17) is 11.6 Å². The number of aryl methyl sites for hydroxylation is 1. The number of nitrogens with zero attached hydrogens (tertiary/aromatic N) is 3. The van der Waals surface area contributed by atoms with Crippen molar-refractivity contribution in [1.29, 1.82) is 0 Å². The van der Waals surface area contributed by atoms with E-state index in [-0.39, 0.29) is 0 Å². The number of hydrogen-bond donors (Lipinski definition) is 0. The fourth-order valence-electron chi connectivity index (χ4n) is 1.19. The van der Waals surface area contributed by atoms with Crippen molar-refractivity contribution in [3.63, 3.8) is 0 Å². The minimum Gasteiger partial charge on any atom is -0.246 e. The van der Waals surface area contributed by atoms with Gasteiger partial charge in [-0.2, -0.15) is 0 Å². The topological polar surface area (TPSA) is 38.7 Å². The highest BCUT2D eigenvalue weighted by Gasteiger charge is 2.02. The second-order valence-corrected chi connectivity index (χ2v) is 4.51. The predicted molar refractivity (Wildman–Crippen MR) is 61.2 cm³/mol. The molecular weight excluding hydrogens is 230 g/mol. The first kappa shape index (κ1) is 10.5. The van der Waals surface area contributed by atoms with E-state index >= 15 is 0 Å². The summed E-state index contributed by atoms with van der Waals surface area (Å²) in [4.78, 5) is 12.8. The van der Waals surface area contributed by atoms with Crippen LogP contribution in [0.25, 0.3) is 0 Å². The highest BCUT2D eigenvalue weighted by atomic mass is 35.5. The van der Waals surface area contributed by atoms with Crippen LogP contribution < -0.4 is 0 Å². The van der Waals surface area contributed by atoms with Gasteiger partial charge in [0.2, 0.25) is 0 Å². The van der Waals surface area contributed by atoms with E-state index < -0.39 is 0 Å². The van der Waals surface area contributed by atoms with Crippen LogP contribution in [-0.4, -0.2) is 15.0 Å². The average molecular weight is 240 g/mol. The molecule has 2 aromatic heterocycles. The maximum atomic E-state index is 5.65. The molecule has 0 atom stereocenters. The van der Waals surface area contributed by atoms with Gasteiger partial charge in [-0.1, -0.05) is 0 Å². The molecule has 0 spiro atoms. The van der Waals surface area contributed by atoms with Crippen LogP contribution >= 0.6 is 22.9 Å². The Morgan fingerprint density at radius 2 is 2.07 bits per heavy atom. The van der Waals surface area contributed by atoms with E-state index in [1.54, 1.807) is 23.7 Å². The van der Waals surface area contributed by atoms with Gasteiger partial charge in [0, 0.05) is 23.3 Å². The summed E-state index contributed by atoms with van der Waals surface area (Å²) >= 11 is 7.30. The lowest BCUT2D eigenvalue weighted by molar-refractivity contribution is 0.928. The summed E-state index contributed by atoms with van der Waals surface area (Å²) in [5, 5.41) is 3.11. The fraction of sp³-hybridized carbons (Fsp3) is 0.300. The molecule has 0 radical (unpaired) electrons. The van der Waals surface area contributed by atoms with E-state index in [9.17, 15) is 0 Å². The summed E-state index contributed by atoms with van der Waals surface area (Å²) in [6, 6.07) is 0. The number of aromatic nitrogens is 3. The molecule has 5 heteroatoms. The van der Waals surface area contributed by atoms with E-state index in [2.05, 4.69) is 15.0 Å². The molecule has 3 nitrogen and oxygen atoms in total. The number of hydrogen-bond acceptors (Lipinski definition) is 4. The molecule has 0 saturated carbocycles. The summed E-state index contributed by atoms with van der Waals surface area (Å²) in [7, 11) is 0. The standard InChI is InChI=1S/C10H10ClN3S/c1-7-14-9(6-15-7)2-10-12-4-8(3-11)5-13-10/h4-6H,2-3H2,1H3. The van der Waals surface area contributed by atoms with Gasteiger partial charge in [-0.25, -0.2) is 15.0 Å². The average Bonchev–Trinajstić information content (AvgIpc) is 2.65. The van der Waals surface area contributed by atoms with Crippen molar-refractivity contribution < 1.29 is 0 Å². The molecular formula is C10H10ClN3S. The van der Waals surface area contributed by atoms with Gasteiger partial charge in [-0.3, -0.25) is 0 Å². The van der Waals surface area contributed by atoms with Crippen molar-refractivity contribution in [1.82, 2.24) is 15.0 Å². The van der Waals surface area contributed by atoms with Crippen molar-refractivity contribution in [2.75, 3.05) is 0 Å². The van der Waals surface area contributed by atoms with Crippen molar-refractivity contribution in [3.8, 4) is 0 Å². The highest BCUT2D eigenvalue weighted by Crippen LogP contribution is 2.11. The maximum Gasteiger partial charge on any atom is 0.134 e. The second-order valence-electron chi connectivity index (χ2n) is 3.18. The lowest BCUT2D eigenvalue weighted by Crippen LogP contribution is -1.97. The number of thiazole rings is 1. The van der Waals surface area contributed by atoms with Crippen LogP contribution in [0.15, 0.2) is 17.8 Å². The SMILES string of the molecule is Cc1nc(Cc2ncc(CCl)cn2)cs1. The zero-order chi connectivity index (χ0) is 10.7. The lowest BCUT2D eigenvalue weighted by Gasteiger charge is -1.97. The molecule has 2 heterocycles. The molecule has 78 valence electrons. The zero-order valence-corrected chi connectivity index (χ0v) is 9.85. The van der Waals surface area contributed by atoms with Gasteiger partial charge in [0.15, 0.2) is 0 Å². The van der Waals surface area contributed by atoms with Gasteiger partial charge < -0.3 is 0 Å². The van der Waals surface area contributed by atoms with Crippen LogP contribution in [0.4, 0.5) is 0 Å². The van der Waals surface area contributed by atoms with E-state index in [0.717, 1.165) is 22.1 Å². The monoisotopic (exact) mass is 239 g/mol. The molecule has 0 fully saturated rings. The maximum absolute atomic E-state index is 5.65. The molecule has 0 aromatic carbocycles. The first-order valence-corrected chi connectivity index (χ1v) is 5.96. The Balaban J connectivity index is 2.11. The summed E-state index contributed by atoms with van der Waals surface area (Å²) in [5.41, 5.74) is 1.96. The molecule has 0 aliphatic rings. The third kappa shape index (κ3) is 2.73. The molecule has 15 heavy (non-hydrogen) atoms. The minimum atomic E-state index is 0.454. The molecule has 2 rings (SSSR count). The largest absolute Gasteiger partial charge is 0.246 e. The van der Waals surface area contributed by atoms with Crippen molar-refractivity contribution in [3.05, 3.63) is 39.9 Å². The number of alkyl halides is 1. The van der Waals surface area contributed by atoms with Gasteiger partial charge in [-0.15, -0.1) is 22.9 Å². The van der Waals surface area contributed by atoms with E-state index in [1.807, 2.05) is 12.3 Å². The van der Waals surface area contributed by atoms with Gasteiger partial charge >= 0.3 is 0 Å².